The van der Waals surface area contributed by atoms with E-state index in [1.807, 2.05) is 69.6 Å². The van der Waals surface area contributed by atoms with Crippen molar-refractivity contribution < 1.29 is 14.3 Å². The third kappa shape index (κ3) is 6.93. The number of carbonyl (C=O) groups excluding carboxylic acids is 2. The van der Waals surface area contributed by atoms with Crippen LogP contribution in [0.25, 0.3) is 11.0 Å². The summed E-state index contributed by atoms with van der Waals surface area (Å²) >= 11 is 6.57. The van der Waals surface area contributed by atoms with Gasteiger partial charge in [-0.3, -0.25) is 9.59 Å². The van der Waals surface area contributed by atoms with E-state index >= 15 is 0 Å². The number of hydrogen-bond donors (Lipinski definition) is 2. The van der Waals surface area contributed by atoms with Gasteiger partial charge in [0.2, 0.25) is 5.91 Å². The number of halogens is 1. The summed E-state index contributed by atoms with van der Waals surface area (Å²) in [5, 5.41) is 6.86. The van der Waals surface area contributed by atoms with Crippen molar-refractivity contribution in [2.24, 2.45) is 18.4 Å². The van der Waals surface area contributed by atoms with Crippen molar-refractivity contribution in [1.82, 2.24) is 20.2 Å². The molecule has 7 nitrogen and oxygen atoms in total. The monoisotopic (exact) mass is 552 g/mol. The van der Waals surface area contributed by atoms with E-state index in [9.17, 15) is 9.59 Å². The van der Waals surface area contributed by atoms with Crippen LogP contribution in [0.3, 0.4) is 0 Å². The predicted octanol–water partition coefficient (Wildman–Crippen LogP) is 6.19. The van der Waals surface area contributed by atoms with Crippen molar-refractivity contribution in [3.05, 3.63) is 57.9 Å². The molecule has 1 aliphatic rings. The third-order valence-electron chi connectivity index (χ3n) is 7.56. The van der Waals surface area contributed by atoms with Crippen LogP contribution in [0.15, 0.2) is 30.3 Å². The van der Waals surface area contributed by atoms with Gasteiger partial charge in [-0.1, -0.05) is 51.4 Å². The van der Waals surface area contributed by atoms with E-state index in [1.54, 1.807) is 0 Å². The lowest BCUT2D eigenvalue weighted by Gasteiger charge is -2.27. The fourth-order valence-corrected chi connectivity index (χ4v) is 5.22. The molecule has 0 radical (unpaired) electrons. The Kier molecular flexibility index (Phi) is 8.90. The first-order valence-electron chi connectivity index (χ1n) is 13.9. The Bertz CT molecular complexity index is 1350. The Morgan fingerprint density at radius 1 is 1.13 bits per heavy atom. The summed E-state index contributed by atoms with van der Waals surface area (Å²) in [6, 6.07) is 9.74. The van der Waals surface area contributed by atoms with E-state index in [0.717, 1.165) is 59.6 Å². The van der Waals surface area contributed by atoms with Gasteiger partial charge >= 0.3 is 0 Å². The van der Waals surface area contributed by atoms with E-state index in [1.165, 1.54) is 0 Å². The maximum Gasteiger partial charge on any atom is 0.255 e. The zero-order valence-corrected chi connectivity index (χ0v) is 24.7. The van der Waals surface area contributed by atoms with Crippen LogP contribution in [-0.2, 0) is 24.8 Å². The smallest absolute Gasteiger partial charge is 0.255 e. The number of aromatic nitrogens is 2. The van der Waals surface area contributed by atoms with Crippen LogP contribution in [0.1, 0.15) is 87.6 Å². The molecule has 0 spiro atoms. The van der Waals surface area contributed by atoms with Crippen LogP contribution in [0, 0.1) is 11.3 Å². The van der Waals surface area contributed by atoms with Gasteiger partial charge < -0.3 is 19.9 Å². The molecule has 39 heavy (non-hydrogen) atoms. The average molecular weight is 553 g/mol. The van der Waals surface area contributed by atoms with E-state index in [4.69, 9.17) is 21.3 Å². The van der Waals surface area contributed by atoms with Gasteiger partial charge in [0.1, 0.15) is 11.6 Å². The van der Waals surface area contributed by atoms with Crippen LogP contribution in [0.4, 0.5) is 0 Å². The predicted molar refractivity (Wildman–Crippen MR) is 156 cm³/mol. The minimum absolute atomic E-state index is 0.00246. The minimum Gasteiger partial charge on any atom is -0.493 e. The fourth-order valence-electron chi connectivity index (χ4n) is 5.04. The Morgan fingerprint density at radius 2 is 1.85 bits per heavy atom. The molecule has 0 atom stereocenters. The lowest BCUT2D eigenvalue weighted by atomic mass is 9.87. The maximum absolute atomic E-state index is 13.3. The van der Waals surface area contributed by atoms with Crippen molar-refractivity contribution in [3.63, 3.8) is 0 Å². The molecular formula is C31H41ClN4O3. The van der Waals surface area contributed by atoms with Crippen LogP contribution >= 0.6 is 11.6 Å². The highest BCUT2D eigenvalue weighted by Crippen LogP contribution is 2.30. The van der Waals surface area contributed by atoms with Crippen molar-refractivity contribution in [2.75, 3.05) is 6.61 Å². The molecule has 0 saturated heterocycles. The lowest BCUT2D eigenvalue weighted by molar-refractivity contribution is -0.128. The molecule has 1 aliphatic carbocycles. The summed E-state index contributed by atoms with van der Waals surface area (Å²) in [5.41, 5.74) is 3.59. The number of nitrogens with one attached hydrogen (secondary N) is 2. The van der Waals surface area contributed by atoms with Gasteiger partial charge in [0.05, 0.1) is 23.2 Å². The summed E-state index contributed by atoms with van der Waals surface area (Å²) in [6.45, 7) is 10.8. The highest BCUT2D eigenvalue weighted by molar-refractivity contribution is 6.31. The van der Waals surface area contributed by atoms with Crippen molar-refractivity contribution in [1.29, 1.82) is 0 Å². The number of carbonyl (C=O) groups is 2. The minimum atomic E-state index is -0.451. The van der Waals surface area contributed by atoms with Crippen LogP contribution < -0.4 is 15.4 Å². The Hall–Kier alpha value is -3.06. The molecule has 1 heterocycles. The van der Waals surface area contributed by atoms with E-state index < -0.39 is 5.41 Å². The standard InChI is InChI=1S/C31H41ClN4O3/c1-7-39-27-17-26-25(16-23(27)29(37)34-22-11-8-19(2)9-12-22)35-28(36(26)6)15-21-14-20(10-13-24(21)32)18-33-30(38)31(3,4)5/h10,13-14,16-17,19,22H,7-9,11-12,15,18H2,1-6H3,(H,33,38)(H,34,37). The molecule has 4 rings (SSSR count). The lowest BCUT2D eigenvalue weighted by Crippen LogP contribution is -2.37. The quantitative estimate of drug-likeness (QED) is 0.349. The molecule has 2 N–H and O–H groups in total. The molecule has 2 amide bonds. The van der Waals surface area contributed by atoms with Gasteiger partial charge in [-0.05, 0) is 61.8 Å². The molecule has 0 bridgehead atoms. The normalized spacial score (nSPS) is 17.7. The fraction of sp³-hybridized carbons (Fsp3) is 0.516. The SMILES string of the molecule is CCOc1cc2c(cc1C(=O)NC1CCC(C)CC1)nc(Cc1cc(CNC(=O)C(C)(C)C)ccc1Cl)n2C. The van der Waals surface area contributed by atoms with Crippen molar-refractivity contribution >= 4 is 34.4 Å². The molecular weight excluding hydrogens is 512 g/mol. The topological polar surface area (TPSA) is 85.2 Å². The molecule has 1 aromatic heterocycles. The van der Waals surface area contributed by atoms with Gasteiger partial charge in [0.15, 0.2) is 0 Å². The summed E-state index contributed by atoms with van der Waals surface area (Å²) in [7, 11) is 1.96. The molecule has 0 unspecified atom stereocenters. The molecule has 3 aromatic rings. The number of hydrogen-bond acceptors (Lipinski definition) is 4. The van der Waals surface area contributed by atoms with Crippen molar-refractivity contribution in [2.45, 2.75) is 79.3 Å². The van der Waals surface area contributed by atoms with Crippen LogP contribution in [0.2, 0.25) is 5.02 Å². The molecule has 2 aromatic carbocycles. The number of fused-ring (bicyclic) bond motifs is 1. The zero-order chi connectivity index (χ0) is 28.3. The zero-order valence-electron chi connectivity index (χ0n) is 24.0. The van der Waals surface area contributed by atoms with Crippen LogP contribution in [0.5, 0.6) is 5.75 Å². The first-order chi connectivity index (χ1) is 18.5. The Labute approximate surface area is 236 Å². The molecule has 1 fully saturated rings. The second-order valence-electron chi connectivity index (χ2n) is 11.8. The van der Waals surface area contributed by atoms with Gasteiger partial charge in [-0.25, -0.2) is 4.98 Å². The van der Waals surface area contributed by atoms with Gasteiger partial charge in [-0.15, -0.1) is 0 Å². The number of amides is 2. The number of rotatable bonds is 8. The first kappa shape index (κ1) is 28.9. The second-order valence-corrected chi connectivity index (χ2v) is 12.2. The highest BCUT2D eigenvalue weighted by atomic mass is 35.5. The van der Waals surface area contributed by atoms with E-state index in [-0.39, 0.29) is 17.9 Å². The highest BCUT2D eigenvalue weighted by Gasteiger charge is 2.24. The number of ether oxygens (including phenoxy) is 1. The molecule has 0 aliphatic heterocycles. The number of imidazole rings is 1. The number of benzene rings is 2. The largest absolute Gasteiger partial charge is 0.493 e. The molecule has 210 valence electrons. The Balaban J connectivity index is 1.58. The van der Waals surface area contributed by atoms with E-state index in [0.29, 0.717) is 35.9 Å². The second kappa shape index (κ2) is 12.0. The maximum atomic E-state index is 13.3. The first-order valence-corrected chi connectivity index (χ1v) is 14.3. The van der Waals surface area contributed by atoms with Crippen LogP contribution in [-0.4, -0.2) is 34.0 Å². The van der Waals surface area contributed by atoms with Crippen molar-refractivity contribution in [3.8, 4) is 5.75 Å². The van der Waals surface area contributed by atoms with Gasteiger partial charge in [0.25, 0.3) is 5.91 Å². The number of aryl methyl sites for hydroxylation is 1. The summed E-state index contributed by atoms with van der Waals surface area (Å²) in [6.07, 6.45) is 4.80. The van der Waals surface area contributed by atoms with E-state index in [2.05, 4.69) is 17.6 Å². The summed E-state index contributed by atoms with van der Waals surface area (Å²) in [4.78, 5) is 30.5. The summed E-state index contributed by atoms with van der Waals surface area (Å²) in [5.74, 6) is 1.99. The average Bonchev–Trinajstić information content (AvgIpc) is 3.18. The molecule has 1 saturated carbocycles. The Morgan fingerprint density at radius 3 is 2.51 bits per heavy atom. The van der Waals surface area contributed by atoms with Gasteiger partial charge in [0, 0.05) is 42.6 Å². The third-order valence-corrected chi connectivity index (χ3v) is 7.93. The summed E-state index contributed by atoms with van der Waals surface area (Å²) < 4.78 is 7.92. The van der Waals surface area contributed by atoms with Gasteiger partial charge in [-0.2, -0.15) is 0 Å². The number of nitrogens with zero attached hydrogens (tertiary/aromatic N) is 2. The molecule has 8 heteroatoms.